The van der Waals surface area contributed by atoms with Crippen LogP contribution in [0.5, 0.6) is 0 Å². The van der Waals surface area contributed by atoms with Gasteiger partial charge in [0, 0.05) is 37.2 Å². The molecule has 0 saturated heterocycles. The molecule has 1 heterocycles. The van der Waals surface area contributed by atoms with E-state index < -0.39 is 0 Å². The van der Waals surface area contributed by atoms with Gasteiger partial charge in [-0.1, -0.05) is 133 Å². The van der Waals surface area contributed by atoms with Crippen molar-refractivity contribution in [2.75, 3.05) is 4.90 Å². The van der Waals surface area contributed by atoms with Crippen molar-refractivity contribution >= 4 is 70.1 Å². The molecule has 0 bridgehead atoms. The Morgan fingerprint density at radius 2 is 0.731 bits per heavy atom. The lowest BCUT2D eigenvalue weighted by atomic mass is 9.96. The summed E-state index contributed by atoms with van der Waals surface area (Å²) in [7, 11) is 0. The minimum atomic E-state index is 1.13. The number of benzene rings is 9. The molecule has 0 aliphatic rings. The van der Waals surface area contributed by atoms with E-state index in [1.54, 1.807) is 0 Å². The van der Waals surface area contributed by atoms with Gasteiger partial charge in [0.15, 0.2) is 0 Å². The summed E-state index contributed by atoms with van der Waals surface area (Å²) >= 11 is 1.86. The monoisotopic (exact) mass is 679 g/mol. The first kappa shape index (κ1) is 30.4. The Morgan fingerprint density at radius 3 is 1.46 bits per heavy atom. The SMILES string of the molecule is c1ccc(-c2ccc(N(c3ccc4cc(-c5ccc6ccc(-c7ccccc7)cc6c5)ccc4c3)c3ccc4sc5ccccc5c4c3)cc2)cc1. The molecule has 0 saturated carbocycles. The third-order valence-corrected chi connectivity index (χ3v) is 11.4. The van der Waals surface area contributed by atoms with Crippen LogP contribution in [-0.4, -0.2) is 0 Å². The molecule has 9 aromatic carbocycles. The highest BCUT2D eigenvalue weighted by molar-refractivity contribution is 7.25. The molecule has 52 heavy (non-hydrogen) atoms. The van der Waals surface area contributed by atoms with E-state index in [2.05, 4.69) is 205 Å². The van der Waals surface area contributed by atoms with Crippen molar-refractivity contribution in [3.05, 3.63) is 200 Å². The van der Waals surface area contributed by atoms with Gasteiger partial charge in [0.05, 0.1) is 0 Å². The van der Waals surface area contributed by atoms with Gasteiger partial charge in [0.25, 0.3) is 0 Å². The van der Waals surface area contributed by atoms with Crippen LogP contribution in [0, 0.1) is 0 Å². The summed E-state index contributed by atoms with van der Waals surface area (Å²) in [5, 5.41) is 7.53. The second kappa shape index (κ2) is 12.7. The molecule has 10 aromatic rings. The van der Waals surface area contributed by atoms with Crippen molar-refractivity contribution in [2.45, 2.75) is 0 Å². The average Bonchev–Trinajstić information content (AvgIpc) is 3.59. The zero-order valence-corrected chi connectivity index (χ0v) is 29.2. The summed E-state index contributed by atoms with van der Waals surface area (Å²) < 4.78 is 2.62. The predicted molar refractivity (Wildman–Crippen MR) is 225 cm³/mol. The standard InChI is InChI=1S/C50H33NS/c1-3-9-34(10-4-1)36-21-24-44(25-22-36)51(46-27-28-50-48(33-46)47-13-7-8-14-49(47)52-50)45-26-23-41-29-39(19-20-42(41)32-45)40-18-16-37-15-17-38(30-43(37)31-40)35-11-5-2-6-12-35/h1-33H. The number of thiophene rings is 1. The second-order valence-electron chi connectivity index (χ2n) is 13.4. The predicted octanol–water partition coefficient (Wildman–Crippen LogP) is 14.8. The Hall–Kier alpha value is -6.48. The molecule has 0 atom stereocenters. The van der Waals surface area contributed by atoms with Crippen molar-refractivity contribution in [1.82, 2.24) is 0 Å². The third-order valence-electron chi connectivity index (χ3n) is 10.2. The molecule has 0 unspecified atom stereocenters. The number of hydrogen-bond donors (Lipinski definition) is 0. The summed E-state index contributed by atoms with van der Waals surface area (Å²) in [5.41, 5.74) is 10.7. The van der Waals surface area contributed by atoms with Gasteiger partial charge in [-0.05, 0) is 122 Å². The van der Waals surface area contributed by atoms with Gasteiger partial charge in [-0.25, -0.2) is 0 Å². The summed E-state index contributed by atoms with van der Waals surface area (Å²) in [6, 6.07) is 73.0. The van der Waals surface area contributed by atoms with Gasteiger partial charge in [-0.3, -0.25) is 0 Å². The Balaban J connectivity index is 1.05. The van der Waals surface area contributed by atoms with E-state index in [0.717, 1.165) is 17.1 Å². The van der Waals surface area contributed by atoms with E-state index >= 15 is 0 Å². The molecule has 0 radical (unpaired) electrons. The molecule has 1 aromatic heterocycles. The highest BCUT2D eigenvalue weighted by atomic mass is 32.1. The number of fused-ring (bicyclic) bond motifs is 5. The fourth-order valence-electron chi connectivity index (χ4n) is 7.52. The molecular formula is C50H33NS. The van der Waals surface area contributed by atoms with E-state index in [9.17, 15) is 0 Å². The van der Waals surface area contributed by atoms with E-state index in [-0.39, 0.29) is 0 Å². The summed E-state index contributed by atoms with van der Waals surface area (Å²) in [4.78, 5) is 2.39. The number of anilines is 3. The molecule has 0 N–H and O–H groups in total. The van der Waals surface area contributed by atoms with Crippen LogP contribution in [0.25, 0.3) is 75.1 Å². The largest absolute Gasteiger partial charge is 0.310 e. The third kappa shape index (κ3) is 5.51. The molecule has 0 amide bonds. The van der Waals surface area contributed by atoms with Crippen molar-refractivity contribution in [3.8, 4) is 33.4 Å². The zero-order valence-electron chi connectivity index (χ0n) is 28.4. The summed E-state index contributed by atoms with van der Waals surface area (Å²) in [6.07, 6.45) is 0. The van der Waals surface area contributed by atoms with E-state index in [4.69, 9.17) is 0 Å². The zero-order chi connectivity index (χ0) is 34.4. The molecule has 0 spiro atoms. The molecule has 2 heteroatoms. The molecule has 0 fully saturated rings. The van der Waals surface area contributed by atoms with Gasteiger partial charge in [-0.2, -0.15) is 0 Å². The Bertz CT molecular complexity index is 2890. The van der Waals surface area contributed by atoms with E-state index in [1.807, 2.05) is 11.3 Å². The number of nitrogens with zero attached hydrogens (tertiary/aromatic N) is 1. The Morgan fingerprint density at radius 1 is 0.269 bits per heavy atom. The van der Waals surface area contributed by atoms with Crippen molar-refractivity contribution < 1.29 is 0 Å². The fourth-order valence-corrected chi connectivity index (χ4v) is 8.61. The first-order valence-electron chi connectivity index (χ1n) is 17.7. The Kier molecular flexibility index (Phi) is 7.41. The van der Waals surface area contributed by atoms with Crippen molar-refractivity contribution in [2.24, 2.45) is 0 Å². The highest BCUT2D eigenvalue weighted by Gasteiger charge is 2.16. The molecule has 1 nitrogen and oxygen atoms in total. The summed E-state index contributed by atoms with van der Waals surface area (Å²) in [6.45, 7) is 0. The van der Waals surface area contributed by atoms with Crippen LogP contribution in [0.3, 0.4) is 0 Å². The Labute approximate surface area is 307 Å². The quantitative estimate of drug-likeness (QED) is 0.169. The maximum atomic E-state index is 2.39. The van der Waals surface area contributed by atoms with Gasteiger partial charge in [0.1, 0.15) is 0 Å². The van der Waals surface area contributed by atoms with Crippen LogP contribution in [0.4, 0.5) is 17.1 Å². The molecular weight excluding hydrogens is 647 g/mol. The van der Waals surface area contributed by atoms with Gasteiger partial charge < -0.3 is 4.90 Å². The van der Waals surface area contributed by atoms with Crippen LogP contribution >= 0.6 is 11.3 Å². The number of rotatable bonds is 6. The van der Waals surface area contributed by atoms with Crippen molar-refractivity contribution in [3.63, 3.8) is 0 Å². The molecule has 0 aliphatic carbocycles. The van der Waals surface area contributed by atoms with Gasteiger partial charge >= 0.3 is 0 Å². The molecule has 244 valence electrons. The maximum absolute atomic E-state index is 2.39. The van der Waals surface area contributed by atoms with Crippen LogP contribution in [-0.2, 0) is 0 Å². The lowest BCUT2D eigenvalue weighted by molar-refractivity contribution is 1.30. The first-order valence-corrected chi connectivity index (χ1v) is 18.6. The minimum absolute atomic E-state index is 1.13. The normalized spacial score (nSPS) is 11.5. The second-order valence-corrected chi connectivity index (χ2v) is 14.5. The van der Waals surface area contributed by atoms with Gasteiger partial charge in [-0.15, -0.1) is 11.3 Å². The molecule has 10 rings (SSSR count). The van der Waals surface area contributed by atoms with Crippen LogP contribution in [0.1, 0.15) is 0 Å². The average molecular weight is 680 g/mol. The van der Waals surface area contributed by atoms with Crippen LogP contribution in [0.2, 0.25) is 0 Å². The fraction of sp³-hybridized carbons (Fsp3) is 0. The number of hydrogen-bond acceptors (Lipinski definition) is 2. The maximum Gasteiger partial charge on any atom is 0.0468 e. The van der Waals surface area contributed by atoms with Crippen molar-refractivity contribution in [1.29, 1.82) is 0 Å². The molecule has 0 aliphatic heterocycles. The van der Waals surface area contributed by atoms with Gasteiger partial charge in [0.2, 0.25) is 0 Å². The highest BCUT2D eigenvalue weighted by Crippen LogP contribution is 2.42. The summed E-state index contributed by atoms with van der Waals surface area (Å²) in [5.74, 6) is 0. The first-order chi connectivity index (χ1) is 25.7. The van der Waals surface area contributed by atoms with E-state index in [0.29, 0.717) is 0 Å². The van der Waals surface area contributed by atoms with E-state index in [1.165, 1.54) is 75.1 Å². The lowest BCUT2D eigenvalue weighted by Gasteiger charge is -2.26. The smallest absolute Gasteiger partial charge is 0.0468 e. The van der Waals surface area contributed by atoms with Crippen LogP contribution < -0.4 is 4.90 Å². The lowest BCUT2D eigenvalue weighted by Crippen LogP contribution is -2.09. The van der Waals surface area contributed by atoms with Crippen LogP contribution in [0.15, 0.2) is 200 Å². The topological polar surface area (TPSA) is 3.24 Å². The minimum Gasteiger partial charge on any atom is -0.310 e.